The number of ether oxygens (including phenoxy) is 1. The van der Waals surface area contributed by atoms with Crippen LogP contribution < -0.4 is 4.74 Å². The third kappa shape index (κ3) is 7.18. The Morgan fingerprint density at radius 2 is 1.50 bits per heavy atom. The van der Waals surface area contributed by atoms with Gasteiger partial charge in [-0.3, -0.25) is 0 Å². The number of hydrogen-bond donors (Lipinski definition) is 0. The highest BCUT2D eigenvalue weighted by molar-refractivity contribution is 5.50. The van der Waals surface area contributed by atoms with E-state index in [4.69, 9.17) is 4.74 Å². The van der Waals surface area contributed by atoms with Crippen molar-refractivity contribution in [3.63, 3.8) is 0 Å². The van der Waals surface area contributed by atoms with Crippen LogP contribution in [0.25, 0.3) is 0 Å². The van der Waals surface area contributed by atoms with Crippen LogP contribution in [0, 0.1) is 20.8 Å². The molecule has 1 aliphatic heterocycles. The van der Waals surface area contributed by atoms with E-state index >= 15 is 0 Å². The summed E-state index contributed by atoms with van der Waals surface area (Å²) in [6, 6.07) is 2.33. The predicted octanol–water partition coefficient (Wildman–Crippen LogP) is 8.89. The SMILES string of the molecule is CC(C)=CCC/C(C)=C/CC/C(C)=C/CCC1(C)CCc2cc(C)c(C)c(C)c2O1. The van der Waals surface area contributed by atoms with Gasteiger partial charge in [0.05, 0.1) is 0 Å². The van der Waals surface area contributed by atoms with Crippen molar-refractivity contribution in [3.8, 4) is 5.75 Å². The van der Waals surface area contributed by atoms with Crippen molar-refractivity contribution < 1.29 is 4.74 Å². The number of fused-ring (bicyclic) bond motifs is 1. The van der Waals surface area contributed by atoms with E-state index in [1.54, 1.807) is 0 Å². The summed E-state index contributed by atoms with van der Waals surface area (Å²) < 4.78 is 6.59. The van der Waals surface area contributed by atoms with Crippen molar-refractivity contribution in [3.05, 3.63) is 63.3 Å². The van der Waals surface area contributed by atoms with Gasteiger partial charge in [-0.05, 0) is 129 Å². The molecule has 166 valence electrons. The lowest BCUT2D eigenvalue weighted by molar-refractivity contribution is 0.0562. The third-order valence-corrected chi connectivity index (χ3v) is 6.74. The maximum absolute atomic E-state index is 6.59. The zero-order valence-corrected chi connectivity index (χ0v) is 20.9. The van der Waals surface area contributed by atoms with Crippen LogP contribution in [0.2, 0.25) is 0 Å². The van der Waals surface area contributed by atoms with Crippen LogP contribution in [-0.4, -0.2) is 5.60 Å². The average Bonchev–Trinajstić information content (AvgIpc) is 2.67. The van der Waals surface area contributed by atoms with E-state index in [1.165, 1.54) is 51.8 Å². The van der Waals surface area contributed by atoms with E-state index in [0.717, 1.165) is 44.3 Å². The Balaban J connectivity index is 1.83. The first-order chi connectivity index (χ1) is 14.1. The first-order valence-corrected chi connectivity index (χ1v) is 11.8. The summed E-state index contributed by atoms with van der Waals surface area (Å²) >= 11 is 0. The molecule has 1 atom stereocenters. The van der Waals surface area contributed by atoms with E-state index in [2.05, 4.69) is 79.7 Å². The van der Waals surface area contributed by atoms with Crippen LogP contribution in [0.4, 0.5) is 0 Å². The molecule has 0 N–H and O–H groups in total. The van der Waals surface area contributed by atoms with E-state index in [1.807, 2.05) is 0 Å². The number of benzene rings is 1. The number of aryl methyl sites for hydroxylation is 2. The van der Waals surface area contributed by atoms with Gasteiger partial charge in [0, 0.05) is 0 Å². The molecule has 0 amide bonds. The fourth-order valence-electron chi connectivity index (χ4n) is 4.31. The second kappa shape index (κ2) is 11.0. The van der Waals surface area contributed by atoms with Gasteiger partial charge in [0.25, 0.3) is 0 Å². The van der Waals surface area contributed by atoms with E-state index in [0.29, 0.717) is 0 Å². The van der Waals surface area contributed by atoms with Crippen LogP contribution in [0.5, 0.6) is 5.75 Å². The molecule has 0 aliphatic carbocycles. The molecule has 1 unspecified atom stereocenters. The third-order valence-electron chi connectivity index (χ3n) is 6.74. The summed E-state index contributed by atoms with van der Waals surface area (Å²) in [4.78, 5) is 0. The molecule has 30 heavy (non-hydrogen) atoms. The molecule has 0 fully saturated rings. The number of rotatable bonds is 9. The smallest absolute Gasteiger partial charge is 0.126 e. The lowest BCUT2D eigenvalue weighted by Crippen LogP contribution is -2.36. The number of hydrogen-bond acceptors (Lipinski definition) is 1. The maximum atomic E-state index is 6.59. The monoisotopic (exact) mass is 408 g/mol. The molecule has 1 aromatic carbocycles. The van der Waals surface area contributed by atoms with Crippen LogP contribution >= 0.6 is 0 Å². The van der Waals surface area contributed by atoms with Crippen molar-refractivity contribution in [1.82, 2.24) is 0 Å². The largest absolute Gasteiger partial charge is 0.487 e. The summed E-state index contributed by atoms with van der Waals surface area (Å²) in [7, 11) is 0. The van der Waals surface area contributed by atoms with Gasteiger partial charge in [0.2, 0.25) is 0 Å². The van der Waals surface area contributed by atoms with Gasteiger partial charge >= 0.3 is 0 Å². The Bertz CT molecular complexity index is 817. The number of allylic oxidation sites excluding steroid dienone is 6. The molecular weight excluding hydrogens is 364 g/mol. The molecule has 1 aliphatic rings. The molecule has 0 saturated carbocycles. The summed E-state index contributed by atoms with van der Waals surface area (Å²) in [6.07, 6.45) is 16.3. The molecular formula is C29H44O. The van der Waals surface area contributed by atoms with Gasteiger partial charge < -0.3 is 4.74 Å². The fraction of sp³-hybridized carbons (Fsp3) is 0.586. The zero-order chi connectivity index (χ0) is 22.3. The zero-order valence-electron chi connectivity index (χ0n) is 20.9. The summed E-state index contributed by atoms with van der Waals surface area (Å²) in [5.74, 6) is 1.15. The Kier molecular flexibility index (Phi) is 9.01. The Labute approximate surface area is 186 Å². The molecule has 1 heteroatoms. The highest BCUT2D eigenvalue weighted by atomic mass is 16.5. The minimum absolute atomic E-state index is 0.0440. The molecule has 1 heterocycles. The van der Waals surface area contributed by atoms with Crippen molar-refractivity contribution >= 4 is 0 Å². The van der Waals surface area contributed by atoms with Gasteiger partial charge in [0.15, 0.2) is 0 Å². The highest BCUT2D eigenvalue weighted by Gasteiger charge is 2.32. The second-order valence-electron chi connectivity index (χ2n) is 9.98. The summed E-state index contributed by atoms with van der Waals surface area (Å²) in [5, 5.41) is 0. The molecule has 0 radical (unpaired) electrons. The Morgan fingerprint density at radius 1 is 0.900 bits per heavy atom. The Morgan fingerprint density at radius 3 is 2.13 bits per heavy atom. The summed E-state index contributed by atoms with van der Waals surface area (Å²) in [5.41, 5.74) is 9.88. The minimum atomic E-state index is -0.0440. The first kappa shape index (κ1) is 24.5. The second-order valence-corrected chi connectivity index (χ2v) is 9.98. The van der Waals surface area contributed by atoms with E-state index in [-0.39, 0.29) is 5.60 Å². The van der Waals surface area contributed by atoms with Crippen LogP contribution in [-0.2, 0) is 6.42 Å². The molecule has 0 bridgehead atoms. The first-order valence-electron chi connectivity index (χ1n) is 11.8. The van der Waals surface area contributed by atoms with E-state index < -0.39 is 0 Å². The highest BCUT2D eigenvalue weighted by Crippen LogP contribution is 2.40. The lowest BCUT2D eigenvalue weighted by atomic mass is 9.86. The molecule has 0 saturated heterocycles. The fourth-order valence-corrected chi connectivity index (χ4v) is 4.31. The Hall–Kier alpha value is -1.76. The molecule has 1 aromatic rings. The van der Waals surface area contributed by atoms with Crippen molar-refractivity contribution in [2.45, 2.75) is 112 Å². The molecule has 2 rings (SSSR count). The lowest BCUT2D eigenvalue weighted by Gasteiger charge is -2.37. The van der Waals surface area contributed by atoms with Gasteiger partial charge in [-0.1, -0.05) is 41.0 Å². The van der Waals surface area contributed by atoms with Gasteiger partial charge in [-0.2, -0.15) is 0 Å². The molecule has 0 spiro atoms. The van der Waals surface area contributed by atoms with Crippen molar-refractivity contribution in [2.75, 3.05) is 0 Å². The van der Waals surface area contributed by atoms with Gasteiger partial charge in [0.1, 0.15) is 11.4 Å². The average molecular weight is 409 g/mol. The summed E-state index contributed by atoms with van der Waals surface area (Å²) in [6.45, 7) is 17.8. The topological polar surface area (TPSA) is 9.23 Å². The van der Waals surface area contributed by atoms with Gasteiger partial charge in [-0.25, -0.2) is 0 Å². The van der Waals surface area contributed by atoms with Crippen LogP contribution in [0.1, 0.15) is 102 Å². The minimum Gasteiger partial charge on any atom is -0.487 e. The molecule has 0 aromatic heterocycles. The predicted molar refractivity (Wildman–Crippen MR) is 133 cm³/mol. The van der Waals surface area contributed by atoms with E-state index in [9.17, 15) is 0 Å². The van der Waals surface area contributed by atoms with Crippen LogP contribution in [0.15, 0.2) is 41.0 Å². The normalized spacial score (nSPS) is 19.3. The molecule has 1 nitrogen and oxygen atoms in total. The van der Waals surface area contributed by atoms with Crippen LogP contribution in [0.3, 0.4) is 0 Å². The van der Waals surface area contributed by atoms with Gasteiger partial charge in [-0.15, -0.1) is 0 Å². The van der Waals surface area contributed by atoms with Crippen molar-refractivity contribution in [2.24, 2.45) is 0 Å². The quantitative estimate of drug-likeness (QED) is 0.371. The maximum Gasteiger partial charge on any atom is 0.126 e. The van der Waals surface area contributed by atoms with Crippen molar-refractivity contribution in [1.29, 1.82) is 0 Å². The standard InChI is InChI=1S/C29H44O/c1-21(2)12-9-13-22(3)14-10-15-23(4)16-11-18-29(8)19-17-27-20-24(5)25(6)26(7)28(27)30-29/h12,14,16,20H,9-11,13,15,17-19H2,1-8H3/b22-14+,23-16+.